The summed E-state index contributed by atoms with van der Waals surface area (Å²) >= 11 is 6.50. The van der Waals surface area contributed by atoms with E-state index in [-0.39, 0.29) is 17.4 Å². The molecule has 1 aliphatic rings. The molecule has 3 rings (SSSR count). The predicted octanol–water partition coefficient (Wildman–Crippen LogP) is 3.51. The first kappa shape index (κ1) is 17.3. The molecule has 2 aromatic carbocycles. The lowest BCUT2D eigenvalue weighted by Crippen LogP contribution is -2.27. The number of hydrogen-bond acceptors (Lipinski definition) is 6. The van der Waals surface area contributed by atoms with Gasteiger partial charge < -0.3 is 14.9 Å². The monoisotopic (exact) mass is 373 g/mol. The fourth-order valence-electron chi connectivity index (χ4n) is 2.35. The van der Waals surface area contributed by atoms with Gasteiger partial charge in [-0.05, 0) is 35.9 Å². The van der Waals surface area contributed by atoms with Crippen LogP contribution in [0.4, 0.5) is 0 Å². The van der Waals surface area contributed by atoms with Gasteiger partial charge in [-0.25, -0.2) is 0 Å². The standard InChI is InChI=1S/C18H15NO4S2/c1-23-14-6-2-11(3-7-14)10-19-17(22)16(25-18(19)24)8-12-4-5-13(20)9-15(12)21/h2-9,20-21H,10H2,1H3/b16-8+. The maximum Gasteiger partial charge on any atom is 0.266 e. The average molecular weight is 373 g/mol. The maximum absolute atomic E-state index is 12.6. The van der Waals surface area contributed by atoms with E-state index in [1.807, 2.05) is 24.3 Å². The Bertz CT molecular complexity index is 862. The Morgan fingerprint density at radius 2 is 1.92 bits per heavy atom. The highest BCUT2D eigenvalue weighted by atomic mass is 32.2. The number of hydrogen-bond donors (Lipinski definition) is 2. The highest BCUT2D eigenvalue weighted by Crippen LogP contribution is 2.35. The molecule has 0 bridgehead atoms. The lowest BCUT2D eigenvalue weighted by Gasteiger charge is -2.14. The van der Waals surface area contributed by atoms with E-state index in [2.05, 4.69) is 0 Å². The predicted molar refractivity (Wildman–Crippen MR) is 101 cm³/mol. The first-order valence-corrected chi connectivity index (χ1v) is 8.60. The highest BCUT2D eigenvalue weighted by Gasteiger charge is 2.32. The zero-order valence-electron chi connectivity index (χ0n) is 13.3. The molecule has 0 atom stereocenters. The van der Waals surface area contributed by atoms with Gasteiger partial charge in [0.15, 0.2) is 0 Å². The Hall–Kier alpha value is -2.51. The molecule has 0 aromatic heterocycles. The van der Waals surface area contributed by atoms with Gasteiger partial charge in [0.2, 0.25) is 0 Å². The Morgan fingerprint density at radius 1 is 1.20 bits per heavy atom. The SMILES string of the molecule is COc1ccc(CN2C(=O)/C(=C\c3ccc(O)cc3O)SC2=S)cc1. The van der Waals surface area contributed by atoms with Crippen molar-refractivity contribution in [1.82, 2.24) is 4.90 Å². The Morgan fingerprint density at radius 3 is 2.56 bits per heavy atom. The smallest absolute Gasteiger partial charge is 0.266 e. The molecule has 128 valence electrons. The summed E-state index contributed by atoms with van der Waals surface area (Å²) in [7, 11) is 1.60. The van der Waals surface area contributed by atoms with Crippen LogP contribution in [0.25, 0.3) is 6.08 Å². The van der Waals surface area contributed by atoms with Crippen LogP contribution >= 0.6 is 24.0 Å². The molecule has 0 aliphatic carbocycles. The van der Waals surface area contributed by atoms with Crippen molar-refractivity contribution in [1.29, 1.82) is 0 Å². The zero-order chi connectivity index (χ0) is 18.0. The van der Waals surface area contributed by atoms with Gasteiger partial charge in [-0.1, -0.05) is 36.1 Å². The third-order valence-corrected chi connectivity index (χ3v) is 5.05. The van der Waals surface area contributed by atoms with E-state index < -0.39 is 0 Å². The second kappa shape index (κ2) is 7.16. The Balaban J connectivity index is 1.80. The van der Waals surface area contributed by atoms with Crippen molar-refractivity contribution in [2.45, 2.75) is 6.54 Å². The van der Waals surface area contributed by atoms with Crippen molar-refractivity contribution in [3.63, 3.8) is 0 Å². The van der Waals surface area contributed by atoms with Gasteiger partial charge in [-0.2, -0.15) is 0 Å². The van der Waals surface area contributed by atoms with E-state index in [1.165, 1.54) is 28.8 Å². The number of phenols is 2. The van der Waals surface area contributed by atoms with Crippen molar-refractivity contribution >= 4 is 40.3 Å². The van der Waals surface area contributed by atoms with Gasteiger partial charge in [-0.15, -0.1) is 0 Å². The van der Waals surface area contributed by atoms with Crippen LogP contribution in [-0.2, 0) is 11.3 Å². The van der Waals surface area contributed by atoms with Gasteiger partial charge in [0.1, 0.15) is 21.6 Å². The number of thiocarbonyl (C=S) groups is 1. The molecule has 1 heterocycles. The molecule has 1 saturated heterocycles. The van der Waals surface area contributed by atoms with Crippen molar-refractivity contribution in [3.05, 3.63) is 58.5 Å². The summed E-state index contributed by atoms with van der Waals surface area (Å²) in [6.45, 7) is 0.369. The van der Waals surface area contributed by atoms with Crippen molar-refractivity contribution in [2.75, 3.05) is 7.11 Å². The molecule has 7 heteroatoms. The first-order valence-electron chi connectivity index (χ1n) is 7.38. The second-order valence-corrected chi connectivity index (χ2v) is 7.03. The Kier molecular flexibility index (Phi) is 4.96. The molecule has 0 unspecified atom stereocenters. The lowest BCUT2D eigenvalue weighted by molar-refractivity contribution is -0.122. The molecule has 1 aliphatic heterocycles. The van der Waals surface area contributed by atoms with E-state index in [0.717, 1.165) is 11.3 Å². The molecular formula is C18H15NO4S2. The van der Waals surface area contributed by atoms with E-state index in [4.69, 9.17) is 17.0 Å². The summed E-state index contributed by atoms with van der Waals surface area (Å²) in [5.41, 5.74) is 1.38. The minimum Gasteiger partial charge on any atom is -0.508 e. The van der Waals surface area contributed by atoms with Crippen LogP contribution in [0.15, 0.2) is 47.4 Å². The largest absolute Gasteiger partial charge is 0.508 e. The van der Waals surface area contributed by atoms with E-state index in [9.17, 15) is 15.0 Å². The number of benzene rings is 2. The minimum atomic E-state index is -0.210. The summed E-state index contributed by atoms with van der Waals surface area (Å²) in [5, 5.41) is 19.2. The minimum absolute atomic E-state index is 0.0401. The summed E-state index contributed by atoms with van der Waals surface area (Å²) < 4.78 is 5.59. The first-order chi connectivity index (χ1) is 12.0. The number of rotatable bonds is 4. The Labute approximate surface area is 154 Å². The molecule has 0 spiro atoms. The second-order valence-electron chi connectivity index (χ2n) is 5.36. The van der Waals surface area contributed by atoms with E-state index in [0.29, 0.717) is 21.3 Å². The molecule has 25 heavy (non-hydrogen) atoms. The molecule has 1 fully saturated rings. The molecule has 0 saturated carbocycles. The number of nitrogens with zero attached hydrogens (tertiary/aromatic N) is 1. The van der Waals surface area contributed by atoms with Crippen LogP contribution in [0.2, 0.25) is 0 Å². The van der Waals surface area contributed by atoms with Gasteiger partial charge >= 0.3 is 0 Å². The zero-order valence-corrected chi connectivity index (χ0v) is 14.9. The number of aromatic hydroxyl groups is 2. The maximum atomic E-state index is 12.6. The number of methoxy groups -OCH3 is 1. The molecule has 2 aromatic rings. The van der Waals surface area contributed by atoms with Crippen LogP contribution in [0.5, 0.6) is 17.2 Å². The fraction of sp³-hybridized carbons (Fsp3) is 0.111. The molecule has 0 radical (unpaired) electrons. The number of carbonyl (C=O) groups is 1. The van der Waals surface area contributed by atoms with Crippen LogP contribution < -0.4 is 4.74 Å². The van der Waals surface area contributed by atoms with Crippen molar-refractivity contribution in [2.24, 2.45) is 0 Å². The summed E-state index contributed by atoms with van der Waals surface area (Å²) in [5.74, 6) is 0.400. The number of thioether (sulfide) groups is 1. The number of carbonyl (C=O) groups excluding carboxylic acids is 1. The van der Waals surface area contributed by atoms with Crippen LogP contribution in [0.1, 0.15) is 11.1 Å². The quantitative estimate of drug-likeness (QED) is 0.631. The van der Waals surface area contributed by atoms with Crippen molar-refractivity contribution < 1.29 is 19.7 Å². The summed E-state index contributed by atoms with van der Waals surface area (Å²) in [6, 6.07) is 11.6. The van der Waals surface area contributed by atoms with E-state index >= 15 is 0 Å². The summed E-state index contributed by atoms with van der Waals surface area (Å²) in [4.78, 5) is 14.6. The molecular weight excluding hydrogens is 358 g/mol. The van der Waals surface area contributed by atoms with Crippen LogP contribution in [0, 0.1) is 0 Å². The normalized spacial score (nSPS) is 15.9. The van der Waals surface area contributed by atoms with Crippen LogP contribution in [0.3, 0.4) is 0 Å². The molecule has 1 amide bonds. The fourth-order valence-corrected chi connectivity index (χ4v) is 3.59. The van der Waals surface area contributed by atoms with Gasteiger partial charge in [-0.3, -0.25) is 9.69 Å². The van der Waals surface area contributed by atoms with Gasteiger partial charge in [0.05, 0.1) is 18.6 Å². The average Bonchev–Trinajstić information content (AvgIpc) is 2.85. The molecule has 2 N–H and O–H groups in total. The molecule has 5 nitrogen and oxygen atoms in total. The number of ether oxygens (including phenoxy) is 1. The third-order valence-electron chi connectivity index (χ3n) is 3.67. The van der Waals surface area contributed by atoms with Crippen LogP contribution in [-0.4, -0.2) is 32.5 Å². The van der Waals surface area contributed by atoms with E-state index in [1.54, 1.807) is 19.3 Å². The van der Waals surface area contributed by atoms with Gasteiger partial charge in [0.25, 0.3) is 5.91 Å². The topological polar surface area (TPSA) is 70.0 Å². The van der Waals surface area contributed by atoms with Gasteiger partial charge in [0, 0.05) is 11.6 Å². The third kappa shape index (κ3) is 3.78. The summed E-state index contributed by atoms with van der Waals surface area (Å²) in [6.07, 6.45) is 1.57. The highest BCUT2D eigenvalue weighted by molar-refractivity contribution is 8.26. The lowest BCUT2D eigenvalue weighted by atomic mass is 10.1. The van der Waals surface area contributed by atoms with Crippen molar-refractivity contribution in [3.8, 4) is 17.2 Å². The number of amides is 1. The number of phenolic OH excluding ortho intramolecular Hbond substituents is 2.